The molecule has 0 fully saturated rings. The second-order valence-electron chi connectivity index (χ2n) is 4.24. The van der Waals surface area contributed by atoms with E-state index in [1.165, 1.54) is 23.5 Å². The molecule has 1 aromatic heterocycles. The lowest BCUT2D eigenvalue weighted by atomic mass is 10.1. The molecule has 2 N–H and O–H groups in total. The minimum absolute atomic E-state index is 0.126. The highest BCUT2D eigenvalue weighted by Gasteiger charge is 2.23. The summed E-state index contributed by atoms with van der Waals surface area (Å²) in [5.74, 6) is -1.20. The molecule has 0 saturated carbocycles. The third-order valence-electron chi connectivity index (χ3n) is 2.92. The molecule has 7 nitrogen and oxygen atoms in total. The first-order valence-electron chi connectivity index (χ1n) is 6.21. The summed E-state index contributed by atoms with van der Waals surface area (Å²) in [7, 11) is 0. The van der Waals surface area contributed by atoms with Gasteiger partial charge in [-0.2, -0.15) is 0 Å². The summed E-state index contributed by atoms with van der Waals surface area (Å²) >= 11 is 1.41. The monoisotopic (exact) mass is 307 g/mol. The van der Waals surface area contributed by atoms with Crippen molar-refractivity contribution in [2.75, 3.05) is 0 Å². The van der Waals surface area contributed by atoms with Crippen molar-refractivity contribution in [3.8, 4) is 5.75 Å². The summed E-state index contributed by atoms with van der Waals surface area (Å²) in [6, 6.07) is 3.55. The van der Waals surface area contributed by atoms with Gasteiger partial charge in [-0.3, -0.25) is 14.9 Å². The number of nitrogens with one attached hydrogen (secondary N) is 1. The molecule has 21 heavy (non-hydrogen) atoms. The summed E-state index contributed by atoms with van der Waals surface area (Å²) < 4.78 is 0. The highest BCUT2D eigenvalue weighted by Crippen LogP contribution is 2.30. The Bertz CT molecular complexity index is 657. The van der Waals surface area contributed by atoms with Crippen LogP contribution in [0.15, 0.2) is 29.8 Å². The fraction of sp³-hybridized carbons (Fsp3) is 0.231. The van der Waals surface area contributed by atoms with Gasteiger partial charge in [-0.05, 0) is 12.5 Å². The quantitative estimate of drug-likeness (QED) is 0.652. The van der Waals surface area contributed by atoms with Crippen molar-refractivity contribution in [3.05, 3.63) is 50.5 Å². The van der Waals surface area contributed by atoms with Gasteiger partial charge in [0, 0.05) is 17.6 Å². The van der Waals surface area contributed by atoms with E-state index in [1.807, 2.05) is 6.92 Å². The number of amides is 1. The van der Waals surface area contributed by atoms with Gasteiger partial charge in [0.15, 0.2) is 0 Å². The Morgan fingerprint density at radius 1 is 1.57 bits per heavy atom. The van der Waals surface area contributed by atoms with Crippen LogP contribution in [0, 0.1) is 10.1 Å². The van der Waals surface area contributed by atoms with E-state index in [0.29, 0.717) is 6.42 Å². The molecule has 1 aromatic carbocycles. The lowest BCUT2D eigenvalue weighted by Gasteiger charge is -2.14. The van der Waals surface area contributed by atoms with E-state index in [4.69, 9.17) is 0 Å². The third kappa shape index (κ3) is 3.16. The van der Waals surface area contributed by atoms with Gasteiger partial charge in [0.1, 0.15) is 5.01 Å². The van der Waals surface area contributed by atoms with Crippen molar-refractivity contribution in [2.24, 2.45) is 0 Å². The molecule has 0 aliphatic carbocycles. The first-order valence-corrected chi connectivity index (χ1v) is 7.09. The first kappa shape index (κ1) is 14.9. The number of nitro benzene ring substituents is 1. The van der Waals surface area contributed by atoms with Crippen molar-refractivity contribution in [1.82, 2.24) is 10.3 Å². The topological polar surface area (TPSA) is 105 Å². The molecule has 8 heteroatoms. The number of benzene rings is 1. The zero-order chi connectivity index (χ0) is 15.4. The number of hydrogen-bond donors (Lipinski definition) is 2. The molecule has 1 amide bonds. The molecule has 1 heterocycles. The zero-order valence-electron chi connectivity index (χ0n) is 11.1. The second-order valence-corrected chi connectivity index (χ2v) is 5.16. The number of hydrogen-bond acceptors (Lipinski definition) is 6. The van der Waals surface area contributed by atoms with E-state index < -0.39 is 22.3 Å². The van der Waals surface area contributed by atoms with Gasteiger partial charge in [-0.1, -0.05) is 13.0 Å². The number of nitro groups is 1. The van der Waals surface area contributed by atoms with Gasteiger partial charge in [-0.15, -0.1) is 11.3 Å². The Labute approximate surface area is 124 Å². The van der Waals surface area contributed by atoms with Gasteiger partial charge in [0.25, 0.3) is 5.91 Å². The second kappa shape index (κ2) is 6.31. The van der Waals surface area contributed by atoms with Gasteiger partial charge in [-0.25, -0.2) is 4.98 Å². The minimum Gasteiger partial charge on any atom is -0.502 e. The number of rotatable bonds is 5. The van der Waals surface area contributed by atoms with Crippen LogP contribution >= 0.6 is 11.3 Å². The number of aromatic hydroxyl groups is 1. The number of aromatic nitrogens is 1. The van der Waals surface area contributed by atoms with Gasteiger partial charge < -0.3 is 10.4 Å². The Kier molecular flexibility index (Phi) is 4.49. The molecule has 0 aliphatic rings. The maximum Gasteiger partial charge on any atom is 0.311 e. The van der Waals surface area contributed by atoms with E-state index in [9.17, 15) is 20.0 Å². The minimum atomic E-state index is -0.732. The fourth-order valence-corrected chi connectivity index (χ4v) is 2.62. The van der Waals surface area contributed by atoms with Gasteiger partial charge >= 0.3 is 5.69 Å². The molecule has 0 spiro atoms. The van der Waals surface area contributed by atoms with Crippen LogP contribution in [0.25, 0.3) is 0 Å². The summed E-state index contributed by atoms with van der Waals surface area (Å²) in [6.07, 6.45) is 2.26. The van der Waals surface area contributed by atoms with Crippen molar-refractivity contribution in [2.45, 2.75) is 19.4 Å². The van der Waals surface area contributed by atoms with Crippen LogP contribution in [-0.4, -0.2) is 20.9 Å². The zero-order valence-corrected chi connectivity index (χ0v) is 12.0. The standard InChI is InChI=1S/C13H13N3O4S/c1-2-9(13-14-6-7-21-13)15-12(18)8-4-3-5-10(11(8)17)16(19)20/h3-7,9,17H,2H2,1H3,(H,15,18). The van der Waals surface area contributed by atoms with Gasteiger partial charge in [0.05, 0.1) is 16.5 Å². The van der Waals surface area contributed by atoms with E-state index >= 15 is 0 Å². The lowest BCUT2D eigenvalue weighted by Crippen LogP contribution is -2.28. The Balaban J connectivity index is 2.24. The van der Waals surface area contributed by atoms with Crippen LogP contribution < -0.4 is 5.32 Å². The lowest BCUT2D eigenvalue weighted by molar-refractivity contribution is -0.385. The number of thiazole rings is 1. The number of carbonyl (C=O) groups excluding carboxylic acids is 1. The number of phenolic OH excluding ortho intramolecular Hbond substituents is 1. The van der Waals surface area contributed by atoms with Crippen LogP contribution in [0.3, 0.4) is 0 Å². The maximum absolute atomic E-state index is 12.2. The molecule has 1 atom stereocenters. The number of carbonyl (C=O) groups is 1. The predicted octanol–water partition coefficient (Wildman–Crippen LogP) is 2.64. The molecular weight excluding hydrogens is 294 g/mol. The largest absolute Gasteiger partial charge is 0.502 e. The van der Waals surface area contributed by atoms with Crippen LogP contribution in [0.1, 0.15) is 34.8 Å². The summed E-state index contributed by atoms with van der Waals surface area (Å²) in [5.41, 5.74) is -0.621. The highest BCUT2D eigenvalue weighted by molar-refractivity contribution is 7.09. The van der Waals surface area contributed by atoms with E-state index in [-0.39, 0.29) is 11.6 Å². The Morgan fingerprint density at radius 3 is 2.90 bits per heavy atom. The Morgan fingerprint density at radius 2 is 2.33 bits per heavy atom. The van der Waals surface area contributed by atoms with E-state index in [2.05, 4.69) is 10.3 Å². The fourth-order valence-electron chi connectivity index (χ4n) is 1.84. The Hall–Kier alpha value is -2.48. The van der Waals surface area contributed by atoms with Crippen LogP contribution in [-0.2, 0) is 0 Å². The van der Waals surface area contributed by atoms with Crippen molar-refractivity contribution in [3.63, 3.8) is 0 Å². The average Bonchev–Trinajstić information content (AvgIpc) is 2.98. The molecule has 0 aliphatic heterocycles. The first-order chi connectivity index (χ1) is 10.0. The third-order valence-corrected chi connectivity index (χ3v) is 3.81. The number of para-hydroxylation sites is 1. The highest BCUT2D eigenvalue weighted by atomic mass is 32.1. The normalized spacial score (nSPS) is 11.9. The molecule has 1 unspecified atom stereocenters. The predicted molar refractivity (Wildman–Crippen MR) is 77.4 cm³/mol. The van der Waals surface area contributed by atoms with Crippen molar-refractivity contribution >= 4 is 22.9 Å². The smallest absolute Gasteiger partial charge is 0.311 e. The maximum atomic E-state index is 12.2. The van der Waals surface area contributed by atoms with Crippen LogP contribution in [0.2, 0.25) is 0 Å². The molecule has 2 rings (SSSR count). The molecule has 110 valence electrons. The molecule has 0 bridgehead atoms. The van der Waals surface area contributed by atoms with Crippen LogP contribution in [0.4, 0.5) is 5.69 Å². The SMILES string of the molecule is CCC(NC(=O)c1cccc([N+](=O)[O-])c1O)c1nccs1. The molecule has 2 aromatic rings. The molecular formula is C13H13N3O4S. The summed E-state index contributed by atoms with van der Waals surface area (Å²) in [5, 5.41) is 25.9. The average molecular weight is 307 g/mol. The van der Waals surface area contributed by atoms with E-state index in [1.54, 1.807) is 11.6 Å². The molecule has 0 saturated heterocycles. The van der Waals surface area contributed by atoms with Gasteiger partial charge in [0.2, 0.25) is 5.75 Å². The molecule has 0 radical (unpaired) electrons. The number of nitrogens with zero attached hydrogens (tertiary/aromatic N) is 2. The van der Waals surface area contributed by atoms with E-state index in [0.717, 1.165) is 11.1 Å². The number of phenols is 1. The van der Waals surface area contributed by atoms with Crippen molar-refractivity contribution in [1.29, 1.82) is 0 Å². The van der Waals surface area contributed by atoms with Crippen molar-refractivity contribution < 1.29 is 14.8 Å². The summed E-state index contributed by atoms with van der Waals surface area (Å²) in [4.78, 5) is 26.4. The van der Waals surface area contributed by atoms with Crippen LogP contribution in [0.5, 0.6) is 5.75 Å². The summed E-state index contributed by atoms with van der Waals surface area (Å²) in [6.45, 7) is 1.89.